The standard InChI is InChI=1S/C14H20O9/c1-7(15)19-5-11(21-8(2)16)13-14(23-10(4)18)12(6-20-13)22-9(3)17/h11-14H,5-6H2,1-4H3/t11-,12+,13+,14-/m0/s1. The van der Waals surface area contributed by atoms with E-state index in [1.807, 2.05) is 0 Å². The number of ether oxygens (including phenoxy) is 5. The minimum absolute atomic E-state index is 0.0416. The van der Waals surface area contributed by atoms with Crippen molar-refractivity contribution in [3.8, 4) is 0 Å². The molecule has 0 aromatic heterocycles. The normalized spacial score (nSPS) is 24.4. The number of carbonyl (C=O) groups excluding carboxylic acids is 4. The van der Waals surface area contributed by atoms with E-state index in [4.69, 9.17) is 23.7 Å². The quantitative estimate of drug-likeness (QED) is 0.479. The molecular weight excluding hydrogens is 312 g/mol. The Hall–Kier alpha value is -2.16. The summed E-state index contributed by atoms with van der Waals surface area (Å²) in [6, 6.07) is 0. The van der Waals surface area contributed by atoms with Gasteiger partial charge in [-0.3, -0.25) is 19.2 Å². The summed E-state index contributed by atoms with van der Waals surface area (Å²) in [4.78, 5) is 44.6. The molecule has 1 rings (SSSR count). The Bertz CT molecular complexity index is 473. The Labute approximate surface area is 133 Å². The Morgan fingerprint density at radius 2 is 1.57 bits per heavy atom. The third-order valence-electron chi connectivity index (χ3n) is 2.90. The van der Waals surface area contributed by atoms with Crippen molar-refractivity contribution in [1.82, 2.24) is 0 Å². The van der Waals surface area contributed by atoms with Gasteiger partial charge in [0.05, 0.1) is 6.61 Å². The monoisotopic (exact) mass is 332 g/mol. The zero-order valence-corrected chi connectivity index (χ0v) is 13.4. The molecule has 0 amide bonds. The lowest BCUT2D eigenvalue weighted by Gasteiger charge is -2.27. The Morgan fingerprint density at radius 1 is 0.957 bits per heavy atom. The summed E-state index contributed by atoms with van der Waals surface area (Å²) in [6.07, 6.45) is -3.74. The van der Waals surface area contributed by atoms with Crippen LogP contribution in [-0.4, -0.2) is 61.5 Å². The zero-order valence-electron chi connectivity index (χ0n) is 13.4. The predicted octanol–water partition coefficient (Wildman–Crippen LogP) is -0.257. The van der Waals surface area contributed by atoms with Gasteiger partial charge in [-0.1, -0.05) is 0 Å². The minimum Gasteiger partial charge on any atom is -0.462 e. The molecule has 4 atom stereocenters. The van der Waals surface area contributed by atoms with Gasteiger partial charge in [0, 0.05) is 27.7 Å². The van der Waals surface area contributed by atoms with Gasteiger partial charge in [-0.2, -0.15) is 0 Å². The molecule has 0 N–H and O–H groups in total. The lowest BCUT2D eigenvalue weighted by Crippen LogP contribution is -2.46. The molecule has 1 heterocycles. The van der Waals surface area contributed by atoms with Gasteiger partial charge < -0.3 is 23.7 Å². The van der Waals surface area contributed by atoms with Crippen LogP contribution in [-0.2, 0) is 42.9 Å². The van der Waals surface area contributed by atoms with E-state index in [2.05, 4.69) is 0 Å². The van der Waals surface area contributed by atoms with Crippen LogP contribution >= 0.6 is 0 Å². The van der Waals surface area contributed by atoms with Crippen LogP contribution in [0.4, 0.5) is 0 Å². The molecule has 1 fully saturated rings. The van der Waals surface area contributed by atoms with Gasteiger partial charge in [-0.15, -0.1) is 0 Å². The van der Waals surface area contributed by atoms with Gasteiger partial charge >= 0.3 is 23.9 Å². The van der Waals surface area contributed by atoms with Gasteiger partial charge in [0.1, 0.15) is 12.7 Å². The van der Waals surface area contributed by atoms with Crippen molar-refractivity contribution >= 4 is 23.9 Å². The number of carbonyl (C=O) groups is 4. The largest absolute Gasteiger partial charge is 0.462 e. The molecule has 0 unspecified atom stereocenters. The van der Waals surface area contributed by atoms with E-state index in [0.29, 0.717) is 0 Å². The highest BCUT2D eigenvalue weighted by molar-refractivity contribution is 5.68. The minimum atomic E-state index is -0.999. The van der Waals surface area contributed by atoms with Crippen LogP contribution in [0.1, 0.15) is 27.7 Å². The van der Waals surface area contributed by atoms with Crippen LogP contribution in [0.2, 0.25) is 0 Å². The first kappa shape index (κ1) is 18.9. The molecule has 0 bridgehead atoms. The SMILES string of the molecule is CC(=O)OC[C@H](OC(C)=O)[C@H]1OC[C@@H](OC(C)=O)[C@@H]1OC(C)=O. The number of hydrogen-bond acceptors (Lipinski definition) is 9. The molecule has 9 nitrogen and oxygen atoms in total. The van der Waals surface area contributed by atoms with Crippen molar-refractivity contribution in [3.63, 3.8) is 0 Å². The molecule has 23 heavy (non-hydrogen) atoms. The lowest BCUT2D eigenvalue weighted by molar-refractivity contribution is -0.176. The van der Waals surface area contributed by atoms with E-state index in [0.717, 1.165) is 0 Å². The molecule has 0 aromatic carbocycles. The average Bonchev–Trinajstić information content (AvgIpc) is 2.75. The molecule has 1 aliphatic heterocycles. The number of rotatable bonds is 6. The van der Waals surface area contributed by atoms with E-state index in [-0.39, 0.29) is 13.2 Å². The number of esters is 4. The van der Waals surface area contributed by atoms with Crippen LogP contribution < -0.4 is 0 Å². The van der Waals surface area contributed by atoms with E-state index in [1.54, 1.807) is 0 Å². The molecule has 0 radical (unpaired) electrons. The summed E-state index contributed by atoms with van der Waals surface area (Å²) in [6.45, 7) is 4.46. The summed E-state index contributed by atoms with van der Waals surface area (Å²) in [5.41, 5.74) is 0. The molecule has 0 aromatic rings. The summed E-state index contributed by atoms with van der Waals surface area (Å²) in [7, 11) is 0. The van der Waals surface area contributed by atoms with Crippen molar-refractivity contribution in [1.29, 1.82) is 0 Å². The van der Waals surface area contributed by atoms with Gasteiger partial charge in [0.15, 0.2) is 18.3 Å². The second-order valence-electron chi connectivity index (χ2n) is 4.97. The Kier molecular flexibility index (Phi) is 6.95. The van der Waals surface area contributed by atoms with Crippen molar-refractivity contribution in [2.45, 2.75) is 52.1 Å². The van der Waals surface area contributed by atoms with Crippen molar-refractivity contribution in [2.75, 3.05) is 13.2 Å². The second kappa shape index (κ2) is 8.47. The van der Waals surface area contributed by atoms with Crippen LogP contribution in [0.25, 0.3) is 0 Å². The van der Waals surface area contributed by atoms with Crippen LogP contribution in [0, 0.1) is 0 Å². The van der Waals surface area contributed by atoms with E-state index in [1.165, 1.54) is 27.7 Å². The molecule has 1 aliphatic rings. The van der Waals surface area contributed by atoms with Crippen molar-refractivity contribution < 1.29 is 42.9 Å². The van der Waals surface area contributed by atoms with Gasteiger partial charge in [-0.05, 0) is 0 Å². The first-order chi connectivity index (χ1) is 10.7. The molecule has 0 spiro atoms. The van der Waals surface area contributed by atoms with Gasteiger partial charge in [-0.25, -0.2) is 0 Å². The molecule has 1 saturated heterocycles. The van der Waals surface area contributed by atoms with Crippen molar-refractivity contribution in [2.24, 2.45) is 0 Å². The topological polar surface area (TPSA) is 114 Å². The van der Waals surface area contributed by atoms with Gasteiger partial charge in [0.25, 0.3) is 0 Å². The van der Waals surface area contributed by atoms with Gasteiger partial charge in [0.2, 0.25) is 0 Å². The summed E-state index contributed by atoms with van der Waals surface area (Å²) >= 11 is 0. The van der Waals surface area contributed by atoms with Crippen molar-refractivity contribution in [3.05, 3.63) is 0 Å². The van der Waals surface area contributed by atoms with Crippen LogP contribution in [0.3, 0.4) is 0 Å². The second-order valence-corrected chi connectivity index (χ2v) is 4.97. The highest BCUT2D eigenvalue weighted by Gasteiger charge is 2.47. The maximum Gasteiger partial charge on any atom is 0.303 e. The zero-order chi connectivity index (χ0) is 17.6. The molecular formula is C14H20O9. The first-order valence-corrected chi connectivity index (χ1v) is 6.97. The maximum atomic E-state index is 11.3. The summed E-state index contributed by atoms with van der Waals surface area (Å²) < 4.78 is 25.6. The predicted molar refractivity (Wildman–Crippen MR) is 73.0 cm³/mol. The molecule has 9 heteroatoms. The fraction of sp³-hybridized carbons (Fsp3) is 0.714. The Balaban J connectivity index is 2.91. The first-order valence-electron chi connectivity index (χ1n) is 6.97. The molecule has 0 aliphatic carbocycles. The molecule has 0 saturated carbocycles. The Morgan fingerprint density at radius 3 is 2.04 bits per heavy atom. The van der Waals surface area contributed by atoms with E-state index in [9.17, 15) is 19.2 Å². The van der Waals surface area contributed by atoms with Crippen LogP contribution in [0.5, 0.6) is 0 Å². The average molecular weight is 332 g/mol. The summed E-state index contributed by atoms with van der Waals surface area (Å²) in [5.74, 6) is -2.37. The maximum absolute atomic E-state index is 11.3. The number of hydrogen-bond donors (Lipinski definition) is 0. The fourth-order valence-corrected chi connectivity index (χ4v) is 2.18. The third-order valence-corrected chi connectivity index (χ3v) is 2.90. The highest BCUT2D eigenvalue weighted by atomic mass is 16.7. The highest BCUT2D eigenvalue weighted by Crippen LogP contribution is 2.25. The molecule has 130 valence electrons. The smallest absolute Gasteiger partial charge is 0.303 e. The third kappa shape index (κ3) is 6.23. The van der Waals surface area contributed by atoms with E-state index < -0.39 is 48.3 Å². The van der Waals surface area contributed by atoms with E-state index >= 15 is 0 Å². The lowest BCUT2D eigenvalue weighted by atomic mass is 10.1. The fourth-order valence-electron chi connectivity index (χ4n) is 2.18. The summed E-state index contributed by atoms with van der Waals surface area (Å²) in [5, 5.41) is 0. The van der Waals surface area contributed by atoms with Crippen LogP contribution in [0.15, 0.2) is 0 Å².